The number of carbonyl (C=O) groups excluding carboxylic acids is 2. The van der Waals surface area contributed by atoms with Crippen LogP contribution < -0.4 is 9.47 Å². The van der Waals surface area contributed by atoms with Gasteiger partial charge in [-0.3, -0.25) is 14.5 Å². The number of benzene rings is 3. The largest absolute Gasteiger partial charge is 0.490 e. The lowest BCUT2D eigenvalue weighted by atomic mass is 10.1. The van der Waals surface area contributed by atoms with Gasteiger partial charge >= 0.3 is 0 Å². The Morgan fingerprint density at radius 3 is 2.35 bits per heavy atom. The molecule has 0 unspecified atom stereocenters. The van der Waals surface area contributed by atoms with Gasteiger partial charge < -0.3 is 9.47 Å². The molecule has 1 aliphatic rings. The molecule has 0 bridgehead atoms. The van der Waals surface area contributed by atoms with E-state index in [0.717, 1.165) is 22.9 Å². The molecule has 3 aromatic carbocycles. The summed E-state index contributed by atoms with van der Waals surface area (Å²) in [6.07, 6.45) is 1.69. The molecule has 0 saturated carbocycles. The fourth-order valence-corrected chi connectivity index (χ4v) is 4.72. The summed E-state index contributed by atoms with van der Waals surface area (Å²) < 4.78 is 11.7. The lowest BCUT2D eigenvalue weighted by Gasteiger charge is -2.14. The second-order valence-electron chi connectivity index (χ2n) is 7.38. The van der Waals surface area contributed by atoms with Crippen molar-refractivity contribution in [3.63, 3.8) is 0 Å². The average Bonchev–Trinajstić information content (AvgIpc) is 3.08. The van der Waals surface area contributed by atoms with Crippen LogP contribution in [0, 0.1) is 0 Å². The minimum Gasteiger partial charge on any atom is -0.490 e. The predicted molar refractivity (Wildman–Crippen MR) is 136 cm³/mol. The maximum atomic E-state index is 12.9. The van der Waals surface area contributed by atoms with Crippen molar-refractivity contribution in [3.05, 3.63) is 98.4 Å². The zero-order valence-electron chi connectivity index (χ0n) is 18.3. The molecule has 0 radical (unpaired) electrons. The van der Waals surface area contributed by atoms with Crippen LogP contribution in [0.5, 0.6) is 11.5 Å². The van der Waals surface area contributed by atoms with Crippen molar-refractivity contribution >= 4 is 52.2 Å². The van der Waals surface area contributed by atoms with E-state index < -0.39 is 0 Å². The van der Waals surface area contributed by atoms with Crippen molar-refractivity contribution < 1.29 is 19.1 Å². The monoisotopic (exact) mass is 513 g/mol. The van der Waals surface area contributed by atoms with Gasteiger partial charge in [-0.2, -0.15) is 0 Å². The third-order valence-corrected chi connectivity index (χ3v) is 6.67. The standard InChI is InChI=1S/C26H21Cl2NO4S/c1-2-32-23-13-18(11-12-22(23)33-16-19-20(27)9-6-10-21(19)28)14-24-25(30)29(26(31)34-24)15-17-7-4-3-5-8-17/h3-14H,2,15-16H2,1H3/b24-14-. The third kappa shape index (κ3) is 5.58. The average molecular weight is 514 g/mol. The molecule has 1 heterocycles. The van der Waals surface area contributed by atoms with Gasteiger partial charge in [0.15, 0.2) is 11.5 Å². The highest BCUT2D eigenvalue weighted by molar-refractivity contribution is 8.18. The first-order valence-electron chi connectivity index (χ1n) is 10.6. The van der Waals surface area contributed by atoms with Crippen LogP contribution in [0.25, 0.3) is 6.08 Å². The van der Waals surface area contributed by atoms with Gasteiger partial charge in [-0.05, 0) is 60.2 Å². The molecule has 2 amide bonds. The Labute approximate surface area is 212 Å². The van der Waals surface area contributed by atoms with Crippen LogP contribution in [-0.2, 0) is 17.9 Å². The van der Waals surface area contributed by atoms with Gasteiger partial charge in [0.05, 0.1) is 18.1 Å². The van der Waals surface area contributed by atoms with E-state index in [1.54, 1.807) is 42.5 Å². The van der Waals surface area contributed by atoms with E-state index in [9.17, 15) is 9.59 Å². The molecule has 8 heteroatoms. The van der Waals surface area contributed by atoms with Gasteiger partial charge in [-0.25, -0.2) is 0 Å². The minimum absolute atomic E-state index is 0.177. The van der Waals surface area contributed by atoms with Crippen LogP contribution in [0.15, 0.2) is 71.6 Å². The molecule has 34 heavy (non-hydrogen) atoms. The second kappa shape index (κ2) is 11.0. The first-order valence-corrected chi connectivity index (χ1v) is 12.2. The van der Waals surface area contributed by atoms with Gasteiger partial charge in [0.2, 0.25) is 0 Å². The van der Waals surface area contributed by atoms with Crippen LogP contribution in [0.3, 0.4) is 0 Å². The molecule has 4 rings (SSSR count). The van der Waals surface area contributed by atoms with Crippen LogP contribution in [0.1, 0.15) is 23.6 Å². The summed E-state index contributed by atoms with van der Waals surface area (Å²) in [6.45, 7) is 2.72. The van der Waals surface area contributed by atoms with Gasteiger partial charge in [0, 0.05) is 15.6 Å². The van der Waals surface area contributed by atoms with E-state index >= 15 is 0 Å². The molecule has 5 nitrogen and oxygen atoms in total. The molecular formula is C26H21Cl2NO4S. The molecular weight excluding hydrogens is 493 g/mol. The fourth-order valence-electron chi connectivity index (χ4n) is 3.38. The van der Waals surface area contributed by atoms with Crippen LogP contribution >= 0.6 is 35.0 Å². The molecule has 0 aromatic heterocycles. The zero-order chi connectivity index (χ0) is 24.1. The number of ether oxygens (including phenoxy) is 2. The predicted octanol–water partition coefficient (Wildman–Crippen LogP) is 7.21. The van der Waals surface area contributed by atoms with E-state index in [-0.39, 0.29) is 24.3 Å². The summed E-state index contributed by atoms with van der Waals surface area (Å²) in [5, 5.41) is 0.753. The number of carbonyl (C=O) groups is 2. The molecule has 0 atom stereocenters. The molecule has 0 aliphatic carbocycles. The molecule has 0 spiro atoms. The Kier molecular flexibility index (Phi) is 7.83. The second-order valence-corrected chi connectivity index (χ2v) is 9.19. The molecule has 1 aliphatic heterocycles. The SMILES string of the molecule is CCOc1cc(/C=C2\SC(=O)N(Cc3ccccc3)C2=O)ccc1OCc1c(Cl)cccc1Cl. The Morgan fingerprint density at radius 2 is 1.65 bits per heavy atom. The number of thioether (sulfide) groups is 1. The van der Waals surface area contributed by atoms with E-state index in [4.69, 9.17) is 32.7 Å². The maximum absolute atomic E-state index is 12.9. The molecule has 174 valence electrons. The number of imide groups is 1. The molecule has 3 aromatic rings. The highest BCUT2D eigenvalue weighted by Crippen LogP contribution is 2.36. The van der Waals surface area contributed by atoms with Gasteiger partial charge in [-0.15, -0.1) is 0 Å². The van der Waals surface area contributed by atoms with Gasteiger partial charge in [-0.1, -0.05) is 65.7 Å². The summed E-state index contributed by atoms with van der Waals surface area (Å²) in [5.74, 6) is 0.723. The Balaban J connectivity index is 1.52. The number of amides is 2. The van der Waals surface area contributed by atoms with Crippen molar-refractivity contribution in [2.75, 3.05) is 6.61 Å². The van der Waals surface area contributed by atoms with E-state index in [0.29, 0.717) is 38.6 Å². The maximum Gasteiger partial charge on any atom is 0.293 e. The van der Waals surface area contributed by atoms with Gasteiger partial charge in [0.25, 0.3) is 11.1 Å². The van der Waals surface area contributed by atoms with Crippen LogP contribution in [0.2, 0.25) is 10.0 Å². The lowest BCUT2D eigenvalue weighted by Crippen LogP contribution is -2.27. The lowest BCUT2D eigenvalue weighted by molar-refractivity contribution is -0.123. The first kappa shape index (κ1) is 24.2. The van der Waals surface area contributed by atoms with Crippen molar-refractivity contribution in [3.8, 4) is 11.5 Å². The van der Waals surface area contributed by atoms with Crippen molar-refractivity contribution in [2.45, 2.75) is 20.1 Å². The van der Waals surface area contributed by atoms with Crippen molar-refractivity contribution in [2.24, 2.45) is 0 Å². The Morgan fingerprint density at radius 1 is 0.912 bits per heavy atom. The van der Waals surface area contributed by atoms with Gasteiger partial charge in [0.1, 0.15) is 6.61 Å². The van der Waals surface area contributed by atoms with Crippen LogP contribution in [0.4, 0.5) is 4.79 Å². The topological polar surface area (TPSA) is 55.8 Å². The minimum atomic E-state index is -0.314. The normalized spacial score (nSPS) is 14.7. The van der Waals surface area contributed by atoms with E-state index in [2.05, 4.69) is 0 Å². The third-order valence-electron chi connectivity index (χ3n) is 5.06. The smallest absolute Gasteiger partial charge is 0.293 e. The van der Waals surface area contributed by atoms with Crippen molar-refractivity contribution in [1.82, 2.24) is 4.90 Å². The van der Waals surface area contributed by atoms with Crippen molar-refractivity contribution in [1.29, 1.82) is 0 Å². The first-order chi connectivity index (χ1) is 16.5. The quantitative estimate of drug-likeness (QED) is 0.298. The molecule has 0 N–H and O–H groups in total. The number of hydrogen-bond donors (Lipinski definition) is 0. The summed E-state index contributed by atoms with van der Waals surface area (Å²) in [5.41, 5.74) is 2.30. The van der Waals surface area contributed by atoms with Crippen LogP contribution in [-0.4, -0.2) is 22.7 Å². The number of halogens is 2. The molecule has 1 saturated heterocycles. The number of hydrogen-bond acceptors (Lipinski definition) is 5. The number of rotatable bonds is 8. The Bertz CT molecular complexity index is 1230. The fraction of sp³-hybridized carbons (Fsp3) is 0.154. The summed E-state index contributed by atoms with van der Waals surface area (Å²) in [7, 11) is 0. The zero-order valence-corrected chi connectivity index (χ0v) is 20.6. The van der Waals surface area contributed by atoms with E-state index in [1.165, 1.54) is 4.90 Å². The highest BCUT2D eigenvalue weighted by Gasteiger charge is 2.35. The number of nitrogens with zero attached hydrogens (tertiary/aromatic N) is 1. The van der Waals surface area contributed by atoms with E-state index in [1.807, 2.05) is 37.3 Å². The molecule has 1 fully saturated rings. The Hall–Kier alpha value is -2.93. The summed E-state index contributed by atoms with van der Waals surface area (Å²) >= 11 is 13.4. The summed E-state index contributed by atoms with van der Waals surface area (Å²) in [4.78, 5) is 26.9. The highest BCUT2D eigenvalue weighted by atomic mass is 35.5. The summed E-state index contributed by atoms with van der Waals surface area (Å²) in [6, 6.07) is 20.0.